The number of halogens is 2. The third-order valence-corrected chi connectivity index (χ3v) is 10.4. The number of anilines is 1. The number of amides is 2. The summed E-state index contributed by atoms with van der Waals surface area (Å²) in [6, 6.07) is 17.5. The van der Waals surface area contributed by atoms with Gasteiger partial charge in [0.25, 0.3) is 10.0 Å². The SMILES string of the molecule is Cc1cccc(N(CC(=O)N(Cc2c(Cl)cccc2Cl)C(C)C(=O)NC2CCCCC2)S(=O)(=O)c2ccccc2)c1C. The second-order valence-corrected chi connectivity index (χ2v) is 13.5. The molecule has 7 nitrogen and oxygen atoms in total. The Kier molecular flexibility index (Phi) is 10.6. The van der Waals surface area contributed by atoms with Gasteiger partial charge in [0.2, 0.25) is 11.8 Å². The maximum atomic E-state index is 14.2. The molecule has 4 rings (SSSR count). The molecule has 3 aromatic carbocycles. The highest BCUT2D eigenvalue weighted by atomic mass is 35.5. The van der Waals surface area contributed by atoms with E-state index in [-0.39, 0.29) is 23.4 Å². The normalized spacial score (nSPS) is 14.7. The number of nitrogens with zero attached hydrogens (tertiary/aromatic N) is 2. The van der Waals surface area contributed by atoms with E-state index in [0.29, 0.717) is 21.3 Å². The standard InChI is InChI=1S/C32H37Cl2N3O4S/c1-22-12-10-19-30(23(22)2)37(42(40,41)26-15-8-5-9-16-26)21-31(38)36(20-27-28(33)17-11-18-29(27)34)24(3)32(39)35-25-13-6-4-7-14-25/h5,8-12,15-19,24-25H,4,6-7,13-14,20-21H2,1-3H3,(H,35,39). The zero-order chi connectivity index (χ0) is 30.4. The zero-order valence-corrected chi connectivity index (χ0v) is 26.5. The predicted molar refractivity (Wildman–Crippen MR) is 168 cm³/mol. The maximum absolute atomic E-state index is 14.2. The molecule has 0 bridgehead atoms. The number of carbonyl (C=O) groups is 2. The van der Waals surface area contributed by atoms with Crippen molar-refractivity contribution in [3.63, 3.8) is 0 Å². The van der Waals surface area contributed by atoms with Gasteiger partial charge in [-0.3, -0.25) is 13.9 Å². The Morgan fingerprint density at radius 3 is 2.17 bits per heavy atom. The van der Waals surface area contributed by atoms with Gasteiger partial charge < -0.3 is 10.2 Å². The van der Waals surface area contributed by atoms with Crippen molar-refractivity contribution < 1.29 is 18.0 Å². The van der Waals surface area contributed by atoms with Crippen LogP contribution in [0.1, 0.15) is 55.7 Å². The Balaban J connectivity index is 1.73. The number of carbonyl (C=O) groups excluding carboxylic acids is 2. The van der Waals surface area contributed by atoms with Crippen LogP contribution in [0.3, 0.4) is 0 Å². The fourth-order valence-corrected chi connectivity index (χ4v) is 7.25. The molecular formula is C32H37Cl2N3O4S. The molecule has 1 atom stereocenters. The summed E-state index contributed by atoms with van der Waals surface area (Å²) in [6.45, 7) is 4.77. The van der Waals surface area contributed by atoms with Crippen LogP contribution in [0.15, 0.2) is 71.6 Å². The zero-order valence-electron chi connectivity index (χ0n) is 24.1. The molecule has 1 N–H and O–H groups in total. The number of aryl methyl sites for hydroxylation is 1. The van der Waals surface area contributed by atoms with Gasteiger partial charge in [-0.1, -0.05) is 78.9 Å². The lowest BCUT2D eigenvalue weighted by molar-refractivity contribution is -0.139. The first-order valence-electron chi connectivity index (χ1n) is 14.2. The summed E-state index contributed by atoms with van der Waals surface area (Å²) in [5, 5.41) is 3.80. The summed E-state index contributed by atoms with van der Waals surface area (Å²) in [5.74, 6) is -0.861. The summed E-state index contributed by atoms with van der Waals surface area (Å²) in [5.41, 5.74) is 2.49. The molecule has 0 saturated heterocycles. The quantitative estimate of drug-likeness (QED) is 0.271. The molecule has 1 fully saturated rings. The topological polar surface area (TPSA) is 86.8 Å². The van der Waals surface area contributed by atoms with Crippen molar-refractivity contribution in [2.24, 2.45) is 0 Å². The van der Waals surface area contributed by atoms with Crippen LogP contribution in [-0.4, -0.2) is 43.8 Å². The molecule has 3 aromatic rings. The molecule has 1 saturated carbocycles. The van der Waals surface area contributed by atoms with E-state index in [9.17, 15) is 18.0 Å². The number of rotatable bonds is 10. The lowest BCUT2D eigenvalue weighted by Gasteiger charge is -2.34. The Morgan fingerprint density at radius 2 is 1.52 bits per heavy atom. The van der Waals surface area contributed by atoms with E-state index in [1.54, 1.807) is 55.5 Å². The van der Waals surface area contributed by atoms with Gasteiger partial charge in [0.15, 0.2) is 0 Å². The van der Waals surface area contributed by atoms with E-state index in [2.05, 4.69) is 5.32 Å². The van der Waals surface area contributed by atoms with Gasteiger partial charge in [-0.05, 0) is 75.1 Å². The monoisotopic (exact) mass is 629 g/mol. The molecule has 0 aromatic heterocycles. The van der Waals surface area contributed by atoms with Crippen LogP contribution in [0, 0.1) is 13.8 Å². The molecule has 0 aliphatic heterocycles. The molecule has 0 heterocycles. The van der Waals surface area contributed by atoms with E-state index in [0.717, 1.165) is 47.5 Å². The number of nitrogens with one attached hydrogen (secondary N) is 1. The largest absolute Gasteiger partial charge is 0.352 e. The summed E-state index contributed by atoms with van der Waals surface area (Å²) in [6.07, 6.45) is 5.00. The van der Waals surface area contributed by atoms with Crippen LogP contribution >= 0.6 is 23.2 Å². The highest BCUT2D eigenvalue weighted by Gasteiger charge is 2.34. The lowest BCUT2D eigenvalue weighted by atomic mass is 9.95. The number of hydrogen-bond acceptors (Lipinski definition) is 4. The Hall–Kier alpha value is -3.07. The summed E-state index contributed by atoms with van der Waals surface area (Å²) in [4.78, 5) is 29.1. The van der Waals surface area contributed by atoms with Gasteiger partial charge >= 0.3 is 0 Å². The van der Waals surface area contributed by atoms with Crippen LogP contribution in [0.25, 0.3) is 0 Å². The van der Waals surface area contributed by atoms with Crippen molar-refractivity contribution in [2.45, 2.75) is 76.4 Å². The van der Waals surface area contributed by atoms with Gasteiger partial charge in [-0.2, -0.15) is 0 Å². The molecule has 2 amide bonds. The molecule has 1 aliphatic rings. The summed E-state index contributed by atoms with van der Waals surface area (Å²) >= 11 is 13.0. The first-order valence-corrected chi connectivity index (χ1v) is 16.4. The Labute approximate surface area is 258 Å². The lowest BCUT2D eigenvalue weighted by Crippen LogP contribution is -2.53. The minimum Gasteiger partial charge on any atom is -0.352 e. The van der Waals surface area contributed by atoms with Gasteiger partial charge in [0, 0.05) is 28.2 Å². The van der Waals surface area contributed by atoms with Gasteiger partial charge in [0.1, 0.15) is 12.6 Å². The molecule has 0 spiro atoms. The molecule has 1 unspecified atom stereocenters. The van der Waals surface area contributed by atoms with E-state index in [4.69, 9.17) is 23.2 Å². The molecule has 0 radical (unpaired) electrons. The molecule has 224 valence electrons. The molecule has 42 heavy (non-hydrogen) atoms. The fourth-order valence-electron chi connectivity index (χ4n) is 5.24. The van der Waals surface area contributed by atoms with E-state index < -0.39 is 28.5 Å². The molecule has 10 heteroatoms. The summed E-state index contributed by atoms with van der Waals surface area (Å²) in [7, 11) is -4.15. The minimum atomic E-state index is -4.15. The van der Waals surface area contributed by atoms with Gasteiger partial charge in [-0.15, -0.1) is 0 Å². The van der Waals surface area contributed by atoms with Crippen molar-refractivity contribution >= 4 is 50.7 Å². The highest BCUT2D eigenvalue weighted by molar-refractivity contribution is 7.92. The number of benzene rings is 3. The molecule has 1 aliphatic carbocycles. The second kappa shape index (κ2) is 13.9. The third-order valence-electron chi connectivity index (χ3n) is 7.96. The number of hydrogen-bond donors (Lipinski definition) is 1. The first kappa shape index (κ1) is 31.9. The van der Waals surface area contributed by atoms with E-state index >= 15 is 0 Å². The van der Waals surface area contributed by atoms with Crippen LogP contribution < -0.4 is 9.62 Å². The third kappa shape index (κ3) is 7.28. The Bertz CT molecular complexity index is 1510. The van der Waals surface area contributed by atoms with Crippen molar-refractivity contribution in [2.75, 3.05) is 10.8 Å². The second-order valence-electron chi connectivity index (χ2n) is 10.8. The van der Waals surface area contributed by atoms with Crippen molar-refractivity contribution in [1.82, 2.24) is 10.2 Å². The molecular weight excluding hydrogens is 593 g/mol. The predicted octanol–water partition coefficient (Wildman–Crippen LogP) is 6.67. The van der Waals surface area contributed by atoms with Crippen LogP contribution in [0.5, 0.6) is 0 Å². The number of sulfonamides is 1. The van der Waals surface area contributed by atoms with Gasteiger partial charge in [-0.25, -0.2) is 8.42 Å². The van der Waals surface area contributed by atoms with E-state index in [1.807, 2.05) is 19.9 Å². The van der Waals surface area contributed by atoms with Crippen molar-refractivity contribution in [3.05, 3.63) is 93.5 Å². The smallest absolute Gasteiger partial charge is 0.264 e. The maximum Gasteiger partial charge on any atom is 0.264 e. The van der Waals surface area contributed by atoms with Crippen LogP contribution in [0.2, 0.25) is 10.0 Å². The first-order chi connectivity index (χ1) is 20.0. The highest BCUT2D eigenvalue weighted by Crippen LogP contribution is 2.30. The average Bonchev–Trinajstić information content (AvgIpc) is 2.98. The van der Waals surface area contributed by atoms with Crippen molar-refractivity contribution in [3.8, 4) is 0 Å². The van der Waals surface area contributed by atoms with Gasteiger partial charge in [0.05, 0.1) is 10.6 Å². The average molecular weight is 631 g/mol. The van der Waals surface area contributed by atoms with Crippen LogP contribution in [0.4, 0.5) is 5.69 Å². The summed E-state index contributed by atoms with van der Waals surface area (Å²) < 4.78 is 29.2. The Morgan fingerprint density at radius 1 is 0.905 bits per heavy atom. The van der Waals surface area contributed by atoms with Crippen LogP contribution in [-0.2, 0) is 26.2 Å². The minimum absolute atomic E-state index is 0.0412. The fraction of sp³-hybridized carbons (Fsp3) is 0.375. The van der Waals surface area contributed by atoms with E-state index in [1.165, 1.54) is 17.0 Å². The van der Waals surface area contributed by atoms with Crippen molar-refractivity contribution in [1.29, 1.82) is 0 Å².